The van der Waals surface area contributed by atoms with E-state index in [1.807, 2.05) is 0 Å². The van der Waals surface area contributed by atoms with E-state index in [1.54, 1.807) is 6.92 Å². The molecule has 1 heterocycles. The first-order valence-corrected chi connectivity index (χ1v) is 9.38. The molecule has 1 aliphatic rings. The summed E-state index contributed by atoms with van der Waals surface area (Å²) in [6.45, 7) is 11.9. The predicted molar refractivity (Wildman–Crippen MR) is 115 cm³/mol. The van der Waals surface area contributed by atoms with E-state index in [-0.39, 0.29) is 18.3 Å². The van der Waals surface area contributed by atoms with Gasteiger partial charge in [0, 0.05) is 51.9 Å². The normalized spacial score (nSPS) is 14.6. The highest BCUT2D eigenvalue weighted by molar-refractivity contribution is 5.85. The number of benzene rings is 2. The van der Waals surface area contributed by atoms with Crippen molar-refractivity contribution in [2.45, 2.75) is 33.9 Å². The largest absolute Gasteiger partial charge is 0.369 e. The number of amides is 1. The van der Waals surface area contributed by atoms with Crippen molar-refractivity contribution in [1.29, 1.82) is 0 Å². The Bertz CT molecular complexity index is 753. The minimum absolute atomic E-state index is 0. The lowest BCUT2D eigenvalue weighted by Crippen LogP contribution is -2.46. The van der Waals surface area contributed by atoms with Crippen molar-refractivity contribution in [3.63, 3.8) is 0 Å². The Morgan fingerprint density at radius 3 is 2.22 bits per heavy atom. The van der Waals surface area contributed by atoms with Crippen LogP contribution in [0.4, 0.5) is 5.69 Å². The molecular weight excluding hydrogens is 358 g/mol. The molecule has 0 spiro atoms. The van der Waals surface area contributed by atoms with Crippen LogP contribution in [-0.4, -0.2) is 37.0 Å². The quantitative estimate of drug-likeness (QED) is 0.849. The van der Waals surface area contributed by atoms with E-state index in [0.29, 0.717) is 6.54 Å². The molecule has 0 saturated carbocycles. The third-order valence-corrected chi connectivity index (χ3v) is 5.26. The Kier molecular flexibility index (Phi) is 7.69. The molecule has 1 aliphatic heterocycles. The Labute approximate surface area is 169 Å². The van der Waals surface area contributed by atoms with Crippen molar-refractivity contribution < 1.29 is 4.79 Å². The lowest BCUT2D eigenvalue weighted by Gasteiger charge is -2.37. The van der Waals surface area contributed by atoms with Crippen molar-refractivity contribution in [1.82, 2.24) is 10.2 Å². The standard InChI is InChI=1S/C22H29N3O.ClH/c1-17-5-4-6-22(18(17)2)25-13-11-24(12-14-25)16-21-9-7-20(8-10-21)15-23-19(3)26;/h4-10H,11-16H2,1-3H3,(H,23,26);1H. The molecule has 0 unspecified atom stereocenters. The van der Waals surface area contributed by atoms with Crippen LogP contribution in [0.3, 0.4) is 0 Å². The number of nitrogens with one attached hydrogen (secondary N) is 1. The number of piperazine rings is 1. The van der Waals surface area contributed by atoms with E-state index in [0.717, 1.165) is 38.3 Å². The number of anilines is 1. The topological polar surface area (TPSA) is 35.6 Å². The SMILES string of the molecule is CC(=O)NCc1ccc(CN2CCN(c3cccc(C)c3C)CC2)cc1.Cl. The summed E-state index contributed by atoms with van der Waals surface area (Å²) in [7, 11) is 0. The second-order valence-electron chi connectivity index (χ2n) is 7.21. The van der Waals surface area contributed by atoms with Gasteiger partial charge in [-0.3, -0.25) is 9.69 Å². The predicted octanol–water partition coefficient (Wildman–Crippen LogP) is 3.68. The van der Waals surface area contributed by atoms with Crippen LogP contribution < -0.4 is 10.2 Å². The van der Waals surface area contributed by atoms with E-state index < -0.39 is 0 Å². The Hall–Kier alpha value is -2.04. The van der Waals surface area contributed by atoms with Crippen LogP contribution in [0.5, 0.6) is 0 Å². The molecule has 0 radical (unpaired) electrons. The third-order valence-electron chi connectivity index (χ3n) is 5.26. The highest BCUT2D eigenvalue weighted by Gasteiger charge is 2.18. The third kappa shape index (κ3) is 5.72. The van der Waals surface area contributed by atoms with Gasteiger partial charge in [0.25, 0.3) is 0 Å². The van der Waals surface area contributed by atoms with Gasteiger partial charge in [0.15, 0.2) is 0 Å². The number of carbonyl (C=O) groups is 1. The zero-order valence-corrected chi connectivity index (χ0v) is 17.3. The molecule has 0 bridgehead atoms. The van der Waals surface area contributed by atoms with Gasteiger partial charge in [-0.05, 0) is 42.2 Å². The average Bonchev–Trinajstić information content (AvgIpc) is 2.64. The molecule has 5 heteroatoms. The number of aryl methyl sites for hydroxylation is 1. The van der Waals surface area contributed by atoms with Crippen LogP contribution >= 0.6 is 12.4 Å². The monoisotopic (exact) mass is 387 g/mol. The molecule has 0 aromatic heterocycles. The van der Waals surface area contributed by atoms with Gasteiger partial charge in [0.1, 0.15) is 0 Å². The number of rotatable bonds is 5. The first-order valence-electron chi connectivity index (χ1n) is 9.38. The Balaban J connectivity index is 0.00000261. The molecule has 0 aliphatic carbocycles. The molecule has 4 nitrogen and oxygen atoms in total. The highest BCUT2D eigenvalue weighted by atomic mass is 35.5. The number of hydrogen-bond donors (Lipinski definition) is 1. The van der Waals surface area contributed by atoms with E-state index in [4.69, 9.17) is 0 Å². The summed E-state index contributed by atoms with van der Waals surface area (Å²) in [6, 6.07) is 15.2. The summed E-state index contributed by atoms with van der Waals surface area (Å²) in [5.41, 5.74) is 6.62. The molecule has 0 atom stereocenters. The fraction of sp³-hybridized carbons (Fsp3) is 0.409. The van der Waals surface area contributed by atoms with Gasteiger partial charge in [-0.2, -0.15) is 0 Å². The second kappa shape index (κ2) is 9.77. The zero-order valence-electron chi connectivity index (χ0n) is 16.5. The number of halogens is 1. The highest BCUT2D eigenvalue weighted by Crippen LogP contribution is 2.24. The number of nitrogens with zero attached hydrogens (tertiary/aromatic N) is 2. The summed E-state index contributed by atoms with van der Waals surface area (Å²) < 4.78 is 0. The van der Waals surface area contributed by atoms with Crippen LogP contribution in [-0.2, 0) is 17.9 Å². The van der Waals surface area contributed by atoms with E-state index >= 15 is 0 Å². The maximum absolute atomic E-state index is 11.0. The summed E-state index contributed by atoms with van der Waals surface area (Å²) in [4.78, 5) is 16.0. The first kappa shape index (κ1) is 21.3. The zero-order chi connectivity index (χ0) is 18.5. The van der Waals surface area contributed by atoms with Crippen LogP contribution in [0.25, 0.3) is 0 Å². The van der Waals surface area contributed by atoms with E-state index in [9.17, 15) is 4.79 Å². The molecule has 27 heavy (non-hydrogen) atoms. The lowest BCUT2D eigenvalue weighted by molar-refractivity contribution is -0.119. The maximum Gasteiger partial charge on any atom is 0.217 e. The van der Waals surface area contributed by atoms with Gasteiger partial charge in [0.05, 0.1) is 0 Å². The molecule has 2 aromatic carbocycles. The number of carbonyl (C=O) groups excluding carboxylic acids is 1. The Morgan fingerprint density at radius 2 is 1.59 bits per heavy atom. The van der Waals surface area contributed by atoms with Gasteiger partial charge >= 0.3 is 0 Å². The summed E-state index contributed by atoms with van der Waals surface area (Å²) in [5.74, 6) is 0.00999. The van der Waals surface area contributed by atoms with E-state index in [2.05, 4.69) is 71.4 Å². The molecule has 1 fully saturated rings. The lowest BCUT2D eigenvalue weighted by atomic mass is 10.1. The van der Waals surface area contributed by atoms with Gasteiger partial charge in [0.2, 0.25) is 5.91 Å². The summed E-state index contributed by atoms with van der Waals surface area (Å²) >= 11 is 0. The van der Waals surface area contributed by atoms with Gasteiger partial charge < -0.3 is 10.2 Å². The van der Waals surface area contributed by atoms with Crippen molar-refractivity contribution in [2.24, 2.45) is 0 Å². The van der Waals surface area contributed by atoms with Crippen LogP contribution in [0.2, 0.25) is 0 Å². The smallest absolute Gasteiger partial charge is 0.217 e. The molecule has 2 aromatic rings. The molecule has 1 amide bonds. The molecule has 146 valence electrons. The van der Waals surface area contributed by atoms with Crippen LogP contribution in [0, 0.1) is 13.8 Å². The maximum atomic E-state index is 11.0. The minimum atomic E-state index is 0. The fourth-order valence-corrected chi connectivity index (χ4v) is 3.47. The first-order chi connectivity index (χ1) is 12.5. The summed E-state index contributed by atoms with van der Waals surface area (Å²) in [6.07, 6.45) is 0. The van der Waals surface area contributed by atoms with Crippen molar-refractivity contribution in [2.75, 3.05) is 31.1 Å². The molecule has 1 saturated heterocycles. The second-order valence-corrected chi connectivity index (χ2v) is 7.21. The molecule has 3 rings (SSSR count). The van der Waals surface area contributed by atoms with Crippen molar-refractivity contribution in [3.8, 4) is 0 Å². The minimum Gasteiger partial charge on any atom is -0.369 e. The average molecular weight is 388 g/mol. The van der Waals surface area contributed by atoms with Crippen molar-refractivity contribution >= 4 is 24.0 Å². The molecular formula is C22H30ClN3O. The number of hydrogen-bond acceptors (Lipinski definition) is 3. The Morgan fingerprint density at radius 1 is 0.963 bits per heavy atom. The van der Waals surface area contributed by atoms with Crippen molar-refractivity contribution in [3.05, 3.63) is 64.7 Å². The van der Waals surface area contributed by atoms with Gasteiger partial charge in [-0.1, -0.05) is 36.4 Å². The van der Waals surface area contributed by atoms with Gasteiger partial charge in [-0.15, -0.1) is 12.4 Å². The van der Waals surface area contributed by atoms with Gasteiger partial charge in [-0.25, -0.2) is 0 Å². The van der Waals surface area contributed by atoms with Crippen LogP contribution in [0.15, 0.2) is 42.5 Å². The van der Waals surface area contributed by atoms with Crippen LogP contribution in [0.1, 0.15) is 29.2 Å². The summed E-state index contributed by atoms with van der Waals surface area (Å²) in [5, 5.41) is 2.84. The molecule has 1 N–H and O–H groups in total. The van der Waals surface area contributed by atoms with E-state index in [1.165, 1.54) is 22.4 Å². The fourth-order valence-electron chi connectivity index (χ4n) is 3.47.